The highest BCUT2D eigenvalue weighted by Gasteiger charge is 2.78. The van der Waals surface area contributed by atoms with Crippen molar-refractivity contribution < 1.29 is 76.5 Å². The maximum absolute atomic E-state index is 16.2. The van der Waals surface area contributed by atoms with Crippen LogP contribution in [-0.2, 0) is 76.8 Å². The van der Waals surface area contributed by atoms with Crippen LogP contribution in [0.3, 0.4) is 0 Å². The lowest BCUT2D eigenvalue weighted by atomic mass is 9.43. The highest BCUT2D eigenvalue weighted by Crippen LogP contribution is 2.65. The number of fused-ring (bicyclic) bond motifs is 5. The van der Waals surface area contributed by atoms with Crippen molar-refractivity contribution in [3.05, 3.63) is 191 Å². The first-order valence-electron chi connectivity index (χ1n) is 26.8. The number of amides is 1. The second-order valence-electron chi connectivity index (χ2n) is 21.7. The van der Waals surface area contributed by atoms with E-state index in [0.717, 1.165) is 11.1 Å². The molecule has 1 saturated heterocycles. The SMILES string of the molecule is CC(=O)OC12COC1CC(OC(=O)OCc1ccccc1)C1(C)C(=O)C(C)C3=C(C)C(OC(=O)C(OCOCc4ccccc4)C(NC(=O)OCc4ccccc4)c4ccccc4)CC(O)(C(OC(=O)c4ccccc4)C21)C3(C)C. The Morgan fingerprint density at radius 3 is 1.84 bits per heavy atom. The summed E-state index contributed by atoms with van der Waals surface area (Å²) >= 11 is 0. The Morgan fingerprint density at radius 1 is 0.725 bits per heavy atom. The molecular formula is C63H67NO16. The number of carbonyl (C=O) groups excluding carboxylic acids is 6. The number of aliphatic hydroxyl groups is 1. The monoisotopic (exact) mass is 1090 g/mol. The van der Waals surface area contributed by atoms with E-state index < -0.39 is 120 Å². The topological polar surface area (TPSA) is 218 Å². The first kappa shape index (κ1) is 57.0. The van der Waals surface area contributed by atoms with Gasteiger partial charge in [0.25, 0.3) is 0 Å². The fourth-order valence-electron chi connectivity index (χ4n) is 12.5. The number of esters is 3. The van der Waals surface area contributed by atoms with Gasteiger partial charge in [-0.1, -0.05) is 160 Å². The smallest absolute Gasteiger partial charge is 0.456 e. The predicted molar refractivity (Wildman–Crippen MR) is 288 cm³/mol. The van der Waals surface area contributed by atoms with Crippen molar-refractivity contribution in [1.82, 2.24) is 5.32 Å². The van der Waals surface area contributed by atoms with E-state index in [1.807, 2.05) is 54.6 Å². The molecule has 0 radical (unpaired) electrons. The summed E-state index contributed by atoms with van der Waals surface area (Å²) < 4.78 is 55.5. The van der Waals surface area contributed by atoms with Gasteiger partial charge in [0, 0.05) is 31.1 Å². The summed E-state index contributed by atoms with van der Waals surface area (Å²) in [7, 11) is 0. The van der Waals surface area contributed by atoms with Crippen LogP contribution in [0.15, 0.2) is 163 Å². The average Bonchev–Trinajstić information content (AvgIpc) is 3.51. The molecule has 3 aliphatic carbocycles. The van der Waals surface area contributed by atoms with Crippen LogP contribution in [-0.4, -0.2) is 96.2 Å². The molecule has 3 fully saturated rings. The highest BCUT2D eigenvalue weighted by atomic mass is 16.7. The summed E-state index contributed by atoms with van der Waals surface area (Å²) in [5.41, 5.74) is -3.97. The van der Waals surface area contributed by atoms with Crippen molar-refractivity contribution in [2.24, 2.45) is 22.7 Å². The summed E-state index contributed by atoms with van der Waals surface area (Å²) in [5.74, 6) is -5.79. The van der Waals surface area contributed by atoms with E-state index in [0.29, 0.717) is 22.3 Å². The number of carbonyl (C=O) groups is 6. The Bertz CT molecular complexity index is 3050. The van der Waals surface area contributed by atoms with Gasteiger partial charge in [0.1, 0.15) is 55.8 Å². The molecule has 2 N–H and O–H groups in total. The van der Waals surface area contributed by atoms with Crippen LogP contribution in [0, 0.1) is 22.7 Å². The number of Topliss-reactive ketones (excluding diaryl/α,β-unsaturated/α-hetero) is 1. The van der Waals surface area contributed by atoms with E-state index in [9.17, 15) is 24.3 Å². The number of hydrogen-bond acceptors (Lipinski definition) is 16. The molecule has 5 aromatic carbocycles. The molecule has 420 valence electrons. The average molecular weight is 1090 g/mol. The maximum atomic E-state index is 16.2. The first-order valence-corrected chi connectivity index (χ1v) is 26.8. The van der Waals surface area contributed by atoms with Crippen LogP contribution < -0.4 is 5.32 Å². The lowest BCUT2D eigenvalue weighted by molar-refractivity contribution is -0.345. The fourth-order valence-corrected chi connectivity index (χ4v) is 12.5. The van der Waals surface area contributed by atoms with E-state index in [1.165, 1.54) is 19.1 Å². The van der Waals surface area contributed by atoms with Crippen LogP contribution >= 0.6 is 0 Å². The Hall–Kier alpha value is -7.70. The maximum Gasteiger partial charge on any atom is 0.508 e. The number of benzene rings is 5. The zero-order chi connectivity index (χ0) is 56.8. The highest BCUT2D eigenvalue weighted by molar-refractivity contribution is 5.93. The number of ether oxygens (including phenoxy) is 9. The predicted octanol–water partition coefficient (Wildman–Crippen LogP) is 9.50. The van der Waals surface area contributed by atoms with Gasteiger partial charge in [-0.3, -0.25) is 9.59 Å². The summed E-state index contributed by atoms with van der Waals surface area (Å²) in [6.07, 6.45) is -9.80. The van der Waals surface area contributed by atoms with Gasteiger partial charge in [-0.25, -0.2) is 19.2 Å². The van der Waals surface area contributed by atoms with Gasteiger partial charge in [0.2, 0.25) is 0 Å². The molecule has 80 heavy (non-hydrogen) atoms. The Labute approximate surface area is 464 Å². The van der Waals surface area contributed by atoms with E-state index in [2.05, 4.69) is 5.32 Å². The van der Waals surface area contributed by atoms with Crippen LogP contribution in [0.1, 0.15) is 93.0 Å². The minimum atomic E-state index is -2.31. The van der Waals surface area contributed by atoms with Crippen molar-refractivity contribution in [3.8, 4) is 0 Å². The van der Waals surface area contributed by atoms with Gasteiger partial charge in [-0.2, -0.15) is 0 Å². The first-order chi connectivity index (χ1) is 38.4. The molecule has 1 heterocycles. The lowest BCUT2D eigenvalue weighted by Crippen LogP contribution is -2.81. The number of ketones is 1. The molecule has 1 aliphatic heterocycles. The van der Waals surface area contributed by atoms with Crippen LogP contribution in [0.25, 0.3) is 0 Å². The fraction of sp³-hybridized carbons (Fsp3) is 0.397. The quantitative estimate of drug-likeness (QED) is 0.0274. The van der Waals surface area contributed by atoms with Gasteiger partial charge < -0.3 is 53.1 Å². The van der Waals surface area contributed by atoms with Crippen molar-refractivity contribution in [1.29, 1.82) is 0 Å². The number of nitrogens with one attached hydrogen (secondary N) is 1. The van der Waals surface area contributed by atoms with Crippen LogP contribution in [0.2, 0.25) is 0 Å². The van der Waals surface area contributed by atoms with Gasteiger partial charge >= 0.3 is 30.2 Å². The van der Waals surface area contributed by atoms with Crippen LogP contribution in [0.5, 0.6) is 0 Å². The summed E-state index contributed by atoms with van der Waals surface area (Å²) in [4.78, 5) is 87.5. The van der Waals surface area contributed by atoms with Gasteiger partial charge in [0.05, 0.1) is 36.2 Å². The third-order valence-electron chi connectivity index (χ3n) is 16.5. The second-order valence-corrected chi connectivity index (χ2v) is 21.7. The molecule has 4 aliphatic rings. The lowest BCUT2D eigenvalue weighted by Gasteiger charge is -2.67. The van der Waals surface area contributed by atoms with E-state index in [4.69, 9.17) is 42.6 Å². The molecule has 2 saturated carbocycles. The molecule has 17 heteroatoms. The Morgan fingerprint density at radius 2 is 1.27 bits per heavy atom. The standard InChI is InChI=1S/C63H67NO16/c1-39-47(77-57(68)52(76-38-72-34-42-22-12-7-13-23-42)51(45-28-18-10-19-29-45)64-58(69)73-35-43-24-14-8-15-25-43)33-63(71)55(79-56(67)46-30-20-11-21-31-46)53-61(6,54(66)40(2)50(39)60(63,4)5)48(32-49-62(53,37-75-49)80-41(3)65)78-59(70)74-36-44-26-16-9-17-27-44/h7-31,40,47-49,51-53,55,71H,32-38H2,1-6H3,(H,64,69). The minimum Gasteiger partial charge on any atom is -0.456 e. The second kappa shape index (κ2) is 23.9. The third kappa shape index (κ3) is 11.4. The van der Waals surface area contributed by atoms with Gasteiger partial charge in [-0.05, 0) is 59.4 Å². The molecule has 2 bridgehead atoms. The summed E-state index contributed by atoms with van der Waals surface area (Å²) in [6.45, 7) is 8.70. The van der Waals surface area contributed by atoms with Crippen molar-refractivity contribution in [2.45, 2.75) is 122 Å². The van der Waals surface area contributed by atoms with Gasteiger partial charge in [0.15, 0.2) is 11.7 Å². The third-order valence-corrected chi connectivity index (χ3v) is 16.5. The molecular weight excluding hydrogens is 1030 g/mol. The van der Waals surface area contributed by atoms with Gasteiger partial charge in [-0.15, -0.1) is 0 Å². The number of hydrogen-bond donors (Lipinski definition) is 2. The molecule has 1 amide bonds. The zero-order valence-electron chi connectivity index (χ0n) is 45.6. The minimum absolute atomic E-state index is 0.0860. The summed E-state index contributed by atoms with van der Waals surface area (Å²) in [5, 5.41) is 17.1. The van der Waals surface area contributed by atoms with Crippen molar-refractivity contribution in [2.75, 3.05) is 13.4 Å². The van der Waals surface area contributed by atoms with Crippen molar-refractivity contribution >= 4 is 35.9 Å². The van der Waals surface area contributed by atoms with E-state index in [-0.39, 0.29) is 38.4 Å². The molecule has 5 aromatic rings. The molecule has 0 spiro atoms. The normalized spacial score (nSPS) is 27.2. The van der Waals surface area contributed by atoms with E-state index in [1.54, 1.807) is 120 Å². The Kier molecular flexibility index (Phi) is 17.1. The molecule has 11 atom stereocenters. The largest absolute Gasteiger partial charge is 0.508 e. The molecule has 11 unspecified atom stereocenters. The van der Waals surface area contributed by atoms with E-state index >= 15 is 9.59 Å². The number of rotatable bonds is 18. The molecule has 0 aromatic heterocycles. The molecule has 17 nitrogen and oxygen atoms in total. The number of alkyl carbamates (subject to hydrolysis) is 1. The zero-order valence-corrected chi connectivity index (χ0v) is 45.6. The summed E-state index contributed by atoms with van der Waals surface area (Å²) in [6, 6.07) is 42.7. The Balaban J connectivity index is 1.13. The van der Waals surface area contributed by atoms with Crippen molar-refractivity contribution in [3.63, 3.8) is 0 Å². The van der Waals surface area contributed by atoms with Crippen LogP contribution in [0.4, 0.5) is 9.59 Å². The molecule has 9 rings (SSSR count).